The van der Waals surface area contributed by atoms with Crippen LogP contribution in [0.2, 0.25) is 0 Å². The lowest BCUT2D eigenvalue weighted by Crippen LogP contribution is -1.97. The van der Waals surface area contributed by atoms with Crippen molar-refractivity contribution in [2.45, 2.75) is 0 Å². The number of hydrogen-bond donors (Lipinski definition) is 1. The number of benzene rings is 2. The topological polar surface area (TPSA) is 59.7 Å². The largest absolute Gasteiger partial charge is 0.504 e. The van der Waals surface area contributed by atoms with E-state index in [0.717, 1.165) is 11.1 Å². The molecular weight excluding hydrogens is 256 g/mol. The first-order valence-corrected chi connectivity index (χ1v) is 6.08. The molecule has 0 fully saturated rings. The molecule has 0 saturated carbocycles. The van der Waals surface area contributed by atoms with E-state index in [9.17, 15) is 9.90 Å². The second kappa shape index (κ2) is 4.74. The Balaban J connectivity index is 2.17. The van der Waals surface area contributed by atoms with Crippen molar-refractivity contribution in [2.24, 2.45) is 0 Å². The fourth-order valence-electron chi connectivity index (χ4n) is 2.12. The summed E-state index contributed by atoms with van der Waals surface area (Å²) in [6.07, 6.45) is 1.38. The van der Waals surface area contributed by atoms with Crippen LogP contribution in [0.1, 0.15) is 0 Å². The Bertz CT molecular complexity index is 833. The minimum Gasteiger partial charge on any atom is -0.504 e. The van der Waals surface area contributed by atoms with Gasteiger partial charge in [-0.1, -0.05) is 12.1 Å². The van der Waals surface area contributed by atoms with Gasteiger partial charge in [-0.25, -0.2) is 0 Å². The zero-order chi connectivity index (χ0) is 14.1. The molecule has 0 bridgehead atoms. The molecule has 20 heavy (non-hydrogen) atoms. The van der Waals surface area contributed by atoms with Crippen LogP contribution in [0.5, 0.6) is 11.5 Å². The molecule has 0 atom stereocenters. The van der Waals surface area contributed by atoms with Crippen molar-refractivity contribution in [3.05, 3.63) is 59.0 Å². The second-order valence-corrected chi connectivity index (χ2v) is 4.38. The van der Waals surface area contributed by atoms with Crippen LogP contribution in [-0.2, 0) is 0 Å². The van der Waals surface area contributed by atoms with E-state index < -0.39 is 0 Å². The van der Waals surface area contributed by atoms with Gasteiger partial charge in [-0.05, 0) is 35.4 Å². The van der Waals surface area contributed by atoms with Crippen LogP contribution in [0, 0.1) is 0 Å². The monoisotopic (exact) mass is 268 g/mol. The summed E-state index contributed by atoms with van der Waals surface area (Å²) in [4.78, 5) is 11.7. The number of phenols is 1. The summed E-state index contributed by atoms with van der Waals surface area (Å²) in [6.45, 7) is 0. The maximum Gasteiger partial charge on any atom is 0.192 e. The summed E-state index contributed by atoms with van der Waals surface area (Å²) in [6, 6.07) is 11.8. The number of aromatic hydroxyl groups is 1. The van der Waals surface area contributed by atoms with E-state index in [1.165, 1.54) is 19.4 Å². The van der Waals surface area contributed by atoms with Crippen LogP contribution in [0.4, 0.5) is 0 Å². The molecule has 0 spiro atoms. The van der Waals surface area contributed by atoms with Gasteiger partial charge in [0.25, 0.3) is 0 Å². The fraction of sp³-hybridized carbons (Fsp3) is 0.0625. The number of fused-ring (bicyclic) bond motifs is 1. The fourth-order valence-corrected chi connectivity index (χ4v) is 2.12. The minimum absolute atomic E-state index is 0.0684. The molecule has 0 unspecified atom stereocenters. The van der Waals surface area contributed by atoms with E-state index in [0.29, 0.717) is 16.7 Å². The molecule has 0 aliphatic heterocycles. The Labute approximate surface area is 114 Å². The highest BCUT2D eigenvalue weighted by Crippen LogP contribution is 2.32. The summed E-state index contributed by atoms with van der Waals surface area (Å²) in [5.74, 6) is 0.487. The molecule has 2 aromatic carbocycles. The van der Waals surface area contributed by atoms with Crippen LogP contribution >= 0.6 is 0 Å². The standard InChI is InChI=1S/C16H12O4/c1-19-16-9-11(3-5-14(16)18)10-2-4-12-13(17)6-7-20-15(12)8-10/h2-9,18H,1H3. The third-order valence-electron chi connectivity index (χ3n) is 3.17. The third-order valence-corrected chi connectivity index (χ3v) is 3.17. The van der Waals surface area contributed by atoms with E-state index in [1.54, 1.807) is 30.3 Å². The SMILES string of the molecule is COc1cc(-c2ccc3c(=O)ccoc3c2)ccc1O. The molecule has 1 heterocycles. The van der Waals surface area contributed by atoms with Gasteiger partial charge in [-0.3, -0.25) is 4.79 Å². The molecule has 0 amide bonds. The Morgan fingerprint density at radius 3 is 2.60 bits per heavy atom. The first-order chi connectivity index (χ1) is 9.69. The van der Waals surface area contributed by atoms with E-state index in [-0.39, 0.29) is 11.2 Å². The summed E-state index contributed by atoms with van der Waals surface area (Å²) < 4.78 is 10.4. The highest BCUT2D eigenvalue weighted by molar-refractivity contribution is 5.82. The highest BCUT2D eigenvalue weighted by Gasteiger charge is 2.07. The predicted octanol–water partition coefficient (Wildman–Crippen LogP) is 3.17. The van der Waals surface area contributed by atoms with Crippen LogP contribution in [0.25, 0.3) is 22.1 Å². The normalized spacial score (nSPS) is 10.7. The molecule has 0 saturated heterocycles. The molecule has 1 N–H and O–H groups in total. The minimum atomic E-state index is -0.0684. The van der Waals surface area contributed by atoms with E-state index in [2.05, 4.69) is 0 Å². The number of phenolic OH excluding ortho intramolecular Hbond substituents is 1. The summed E-state index contributed by atoms with van der Waals surface area (Å²) in [5.41, 5.74) is 2.21. The van der Waals surface area contributed by atoms with Crippen molar-refractivity contribution in [1.82, 2.24) is 0 Å². The smallest absolute Gasteiger partial charge is 0.192 e. The second-order valence-electron chi connectivity index (χ2n) is 4.38. The van der Waals surface area contributed by atoms with Crippen LogP contribution in [0.3, 0.4) is 0 Å². The van der Waals surface area contributed by atoms with Crippen LogP contribution < -0.4 is 10.2 Å². The van der Waals surface area contributed by atoms with Crippen molar-refractivity contribution in [3.63, 3.8) is 0 Å². The maximum absolute atomic E-state index is 11.7. The zero-order valence-electron chi connectivity index (χ0n) is 10.8. The molecule has 4 heteroatoms. The predicted molar refractivity (Wildman–Crippen MR) is 76.1 cm³/mol. The van der Waals surface area contributed by atoms with Gasteiger partial charge < -0.3 is 14.3 Å². The summed E-state index contributed by atoms with van der Waals surface area (Å²) in [7, 11) is 1.50. The Kier molecular flexibility index (Phi) is 2.91. The molecule has 0 aliphatic rings. The lowest BCUT2D eigenvalue weighted by molar-refractivity contribution is 0.373. The molecule has 100 valence electrons. The molecule has 0 aliphatic carbocycles. The van der Waals surface area contributed by atoms with Gasteiger partial charge in [0.15, 0.2) is 16.9 Å². The van der Waals surface area contributed by atoms with Gasteiger partial charge >= 0.3 is 0 Å². The van der Waals surface area contributed by atoms with E-state index >= 15 is 0 Å². The van der Waals surface area contributed by atoms with Crippen LogP contribution in [0.15, 0.2) is 57.9 Å². The van der Waals surface area contributed by atoms with Gasteiger partial charge in [0.1, 0.15) is 5.58 Å². The lowest BCUT2D eigenvalue weighted by Gasteiger charge is -2.07. The van der Waals surface area contributed by atoms with Gasteiger partial charge in [0.05, 0.1) is 18.8 Å². The molecule has 3 aromatic rings. The highest BCUT2D eigenvalue weighted by atomic mass is 16.5. The Hall–Kier alpha value is -2.75. The number of ether oxygens (including phenoxy) is 1. The average molecular weight is 268 g/mol. The summed E-state index contributed by atoms with van der Waals surface area (Å²) >= 11 is 0. The quantitative estimate of drug-likeness (QED) is 0.775. The molecule has 1 aromatic heterocycles. The first-order valence-electron chi connectivity index (χ1n) is 6.08. The van der Waals surface area contributed by atoms with Gasteiger partial charge in [-0.2, -0.15) is 0 Å². The lowest BCUT2D eigenvalue weighted by atomic mass is 10.0. The summed E-state index contributed by atoms with van der Waals surface area (Å²) in [5, 5.41) is 10.1. The van der Waals surface area contributed by atoms with Crippen molar-refractivity contribution in [1.29, 1.82) is 0 Å². The third kappa shape index (κ3) is 2.01. The maximum atomic E-state index is 11.7. The average Bonchev–Trinajstić information content (AvgIpc) is 2.47. The molecule has 0 radical (unpaired) electrons. The number of methoxy groups -OCH3 is 1. The Morgan fingerprint density at radius 1 is 1.05 bits per heavy atom. The Morgan fingerprint density at radius 2 is 1.80 bits per heavy atom. The van der Waals surface area contributed by atoms with Crippen molar-refractivity contribution in [2.75, 3.05) is 7.11 Å². The zero-order valence-corrected chi connectivity index (χ0v) is 10.8. The van der Waals surface area contributed by atoms with Crippen molar-refractivity contribution < 1.29 is 14.3 Å². The number of hydrogen-bond acceptors (Lipinski definition) is 4. The molecule has 3 rings (SSSR count). The number of rotatable bonds is 2. The van der Waals surface area contributed by atoms with Crippen molar-refractivity contribution >= 4 is 11.0 Å². The van der Waals surface area contributed by atoms with Gasteiger partial charge in [-0.15, -0.1) is 0 Å². The van der Waals surface area contributed by atoms with Crippen LogP contribution in [-0.4, -0.2) is 12.2 Å². The molecule has 4 nitrogen and oxygen atoms in total. The van der Waals surface area contributed by atoms with E-state index in [4.69, 9.17) is 9.15 Å². The van der Waals surface area contributed by atoms with Gasteiger partial charge in [0.2, 0.25) is 0 Å². The first kappa shape index (κ1) is 12.3. The van der Waals surface area contributed by atoms with Gasteiger partial charge in [0, 0.05) is 6.07 Å². The molecular formula is C16H12O4. The van der Waals surface area contributed by atoms with Crippen molar-refractivity contribution in [3.8, 4) is 22.6 Å². The van der Waals surface area contributed by atoms with E-state index in [1.807, 2.05) is 6.07 Å².